The van der Waals surface area contributed by atoms with Crippen LogP contribution in [0.3, 0.4) is 0 Å². The molecule has 0 amide bonds. The molecule has 25 heteroatoms. The van der Waals surface area contributed by atoms with Gasteiger partial charge in [0.25, 0.3) is 40.5 Å². The van der Waals surface area contributed by atoms with Crippen LogP contribution in [0.5, 0.6) is 0 Å². The Balaban J connectivity index is 1.80. The Hall–Kier alpha value is -4.21. The van der Waals surface area contributed by atoms with E-state index in [0.717, 1.165) is 23.9 Å². The third kappa shape index (κ3) is 8.99. The number of nitrogens with zero attached hydrogens (tertiary/aromatic N) is 6. The number of fused-ring (bicyclic) bond motifs is 1. The van der Waals surface area contributed by atoms with Gasteiger partial charge >= 0.3 is 0 Å². The third-order valence-corrected chi connectivity index (χ3v) is 10.2. The van der Waals surface area contributed by atoms with Crippen LogP contribution in [-0.4, -0.2) is 73.4 Å². The molecule has 0 saturated carbocycles. The smallest absolute Gasteiger partial charge is 0.296 e. The normalized spacial score (nSPS) is 13.2. The molecule has 0 saturated heterocycles. The number of anilines is 2. The number of hydrogen-bond acceptors (Lipinski definition) is 17. The van der Waals surface area contributed by atoms with Gasteiger partial charge in [-0.3, -0.25) is 18.2 Å². The van der Waals surface area contributed by atoms with Crippen LogP contribution in [0.25, 0.3) is 10.8 Å². The van der Waals surface area contributed by atoms with E-state index in [1.54, 1.807) is 0 Å². The van der Waals surface area contributed by atoms with Crippen LogP contribution in [0.2, 0.25) is 0 Å². The largest absolute Gasteiger partial charge is 0.382 e. The van der Waals surface area contributed by atoms with Gasteiger partial charge in [0.2, 0.25) is 0 Å². The Morgan fingerprint density at radius 1 is 0.617 bits per heavy atom. The fourth-order valence-corrected chi connectivity index (χ4v) is 6.97. The molecule has 4 rings (SSSR count). The van der Waals surface area contributed by atoms with E-state index < -0.39 is 66.6 Å². The van der Waals surface area contributed by atoms with Gasteiger partial charge in [-0.1, -0.05) is 17.8 Å². The topological polar surface area (TPSA) is 345 Å². The molecule has 0 radical (unpaired) electrons. The van der Waals surface area contributed by atoms with Crippen molar-refractivity contribution >= 4 is 97.4 Å². The van der Waals surface area contributed by atoms with E-state index >= 15 is 0 Å². The van der Waals surface area contributed by atoms with Gasteiger partial charge in [0, 0.05) is 16.5 Å². The maximum absolute atomic E-state index is 11.9. The highest BCUT2D eigenvalue weighted by atomic mass is 32.2. The van der Waals surface area contributed by atoms with Crippen LogP contribution in [0.4, 0.5) is 34.4 Å². The zero-order valence-corrected chi connectivity index (χ0v) is 27.0. The molecule has 1 heterocycles. The van der Waals surface area contributed by atoms with E-state index in [2.05, 4.69) is 30.4 Å². The van der Waals surface area contributed by atoms with Crippen molar-refractivity contribution < 1.29 is 51.9 Å². The molecule has 0 fully saturated rings. The molecule has 0 bridgehead atoms. The van der Waals surface area contributed by atoms with Crippen molar-refractivity contribution in [2.24, 2.45) is 20.5 Å². The van der Waals surface area contributed by atoms with Gasteiger partial charge in [-0.15, -0.1) is 20.5 Å². The monoisotopic (exact) mass is 748 g/mol. The molecule has 0 aliphatic heterocycles. The molecule has 1 aromatic heterocycles. The van der Waals surface area contributed by atoms with Crippen molar-refractivity contribution in [2.75, 3.05) is 23.0 Å². The van der Waals surface area contributed by atoms with E-state index in [1.807, 2.05) is 0 Å². The minimum absolute atomic E-state index is 0.0162. The van der Waals surface area contributed by atoms with Crippen molar-refractivity contribution in [1.82, 2.24) is 9.97 Å². The lowest BCUT2D eigenvalue weighted by Gasteiger charge is -2.08. The first-order chi connectivity index (χ1) is 21.6. The van der Waals surface area contributed by atoms with Gasteiger partial charge in [-0.25, -0.2) is 9.97 Å². The summed E-state index contributed by atoms with van der Waals surface area (Å²) >= 11 is 0.830. The minimum atomic E-state index is -4.94. The van der Waals surface area contributed by atoms with Crippen LogP contribution in [-0.2, 0) is 40.5 Å². The molecular weight excluding hydrogens is 729 g/mol. The zero-order valence-electron chi connectivity index (χ0n) is 23.0. The number of hydrogen-bond donors (Lipinski definition) is 6. The first kappa shape index (κ1) is 35.6. The summed E-state index contributed by atoms with van der Waals surface area (Å²) in [6.07, 6.45) is 0. The van der Waals surface area contributed by atoms with Gasteiger partial charge in [-0.2, -0.15) is 33.7 Å². The van der Waals surface area contributed by atoms with E-state index in [1.165, 1.54) is 18.2 Å². The van der Waals surface area contributed by atoms with Crippen LogP contribution in [0.1, 0.15) is 0 Å². The molecule has 0 aliphatic carbocycles. The molecule has 0 unspecified atom stereocenters. The van der Waals surface area contributed by atoms with Crippen LogP contribution < -0.4 is 11.5 Å². The average molecular weight is 749 g/mol. The Morgan fingerprint density at radius 2 is 1.13 bits per heavy atom. The predicted molar refractivity (Wildman–Crippen MR) is 166 cm³/mol. The van der Waals surface area contributed by atoms with E-state index in [9.17, 15) is 47.3 Å². The Kier molecular flexibility index (Phi) is 9.95. The molecule has 0 aliphatic rings. The Morgan fingerprint density at radius 3 is 1.68 bits per heavy atom. The van der Waals surface area contributed by atoms with Gasteiger partial charge in [-0.05, 0) is 42.5 Å². The highest BCUT2D eigenvalue weighted by molar-refractivity contribution is 8.00. The number of thioether (sulfide) groups is 1. The molecule has 3 aromatic carbocycles. The second-order valence-electron chi connectivity index (χ2n) is 9.03. The highest BCUT2D eigenvalue weighted by Crippen LogP contribution is 2.38. The molecular formula is C22H20N8O12S5. The summed E-state index contributed by atoms with van der Waals surface area (Å²) < 4.78 is 130. The van der Waals surface area contributed by atoms with E-state index in [4.69, 9.17) is 16.0 Å². The summed E-state index contributed by atoms with van der Waals surface area (Å²) in [6.45, 7) is 0. The first-order valence-electron chi connectivity index (χ1n) is 12.1. The van der Waals surface area contributed by atoms with Crippen LogP contribution in [0.15, 0.2) is 88.8 Å². The van der Waals surface area contributed by atoms with Crippen LogP contribution in [0, 0.1) is 0 Å². The van der Waals surface area contributed by atoms with Gasteiger partial charge in [0.15, 0.2) is 22.5 Å². The van der Waals surface area contributed by atoms with Crippen molar-refractivity contribution in [1.29, 1.82) is 0 Å². The number of rotatable bonds is 11. The number of aromatic nitrogens is 2. The Labute approximate surface area is 270 Å². The molecule has 0 spiro atoms. The lowest BCUT2D eigenvalue weighted by atomic mass is 10.1. The summed E-state index contributed by atoms with van der Waals surface area (Å²) in [6, 6.07) is 7.74. The maximum Gasteiger partial charge on any atom is 0.296 e. The summed E-state index contributed by atoms with van der Waals surface area (Å²) in [5, 5.41) is 15.6. The first-order valence-corrected chi connectivity index (χ1v) is 19.0. The summed E-state index contributed by atoms with van der Waals surface area (Å²) in [4.78, 5) is 5.73. The summed E-state index contributed by atoms with van der Waals surface area (Å²) in [5.41, 5.74) is 10.8. The average Bonchev–Trinajstić information content (AvgIpc) is 2.93. The minimum Gasteiger partial charge on any atom is -0.382 e. The zero-order chi connectivity index (χ0) is 34.9. The molecule has 4 aromatic rings. The molecule has 250 valence electrons. The molecule has 8 N–H and O–H groups in total. The standard InChI is InChI=1S/C22H20N8O12S5/c23-20-19(21(24)26-22(25-20)43-7-8-44(31,32)33)30-28-16-5-4-15(13-3-1-11(9-14(13)16)45(34,35)36)27-29-17-10-12(46(37,38)39)2-6-18(17)47(40,41)42/h1-6,9-10H,7-8H2,(H,31,32,33)(H,34,35,36)(H,37,38,39)(H,40,41,42)(H4,23,24,25,26)/b29-27+,30-28+. The van der Waals surface area contributed by atoms with Gasteiger partial charge < -0.3 is 11.5 Å². The van der Waals surface area contributed by atoms with E-state index in [0.29, 0.717) is 18.2 Å². The third-order valence-electron chi connectivity index (χ3n) is 5.76. The highest BCUT2D eigenvalue weighted by Gasteiger charge is 2.21. The number of nitrogens with two attached hydrogens (primary N) is 2. The van der Waals surface area contributed by atoms with Crippen molar-refractivity contribution in [3.63, 3.8) is 0 Å². The van der Waals surface area contributed by atoms with Gasteiger partial charge in [0.1, 0.15) is 10.6 Å². The number of benzene rings is 3. The Bertz CT molecular complexity index is 2400. The maximum atomic E-state index is 11.9. The lowest BCUT2D eigenvalue weighted by Crippen LogP contribution is -2.07. The summed E-state index contributed by atoms with van der Waals surface area (Å²) in [7, 11) is -18.7. The molecule has 20 nitrogen and oxygen atoms in total. The van der Waals surface area contributed by atoms with Crippen molar-refractivity contribution in [3.8, 4) is 0 Å². The predicted octanol–water partition coefficient (Wildman–Crippen LogP) is 3.35. The second kappa shape index (κ2) is 13.1. The quantitative estimate of drug-likeness (QED) is 0.0554. The fraction of sp³-hybridized carbons (Fsp3) is 0.0909. The van der Waals surface area contributed by atoms with Crippen LogP contribution >= 0.6 is 11.8 Å². The summed E-state index contributed by atoms with van der Waals surface area (Å²) in [5.74, 6) is -1.25. The fourth-order valence-electron chi connectivity index (χ4n) is 3.67. The van der Waals surface area contributed by atoms with Gasteiger partial charge in [0.05, 0.1) is 26.9 Å². The second-order valence-corrected chi connectivity index (χ2v) is 15.9. The number of azo groups is 2. The SMILES string of the molecule is Nc1nc(SCCS(=O)(=O)O)nc(N)c1/N=N/c1ccc(/N=N/c2cc(S(=O)(=O)O)ccc2S(=O)(=O)O)c2ccc(S(=O)(=O)O)cc12. The van der Waals surface area contributed by atoms with E-state index in [-0.39, 0.29) is 50.4 Å². The molecule has 0 atom stereocenters. The lowest BCUT2D eigenvalue weighted by molar-refractivity contribution is 0.478. The van der Waals surface area contributed by atoms with Crippen molar-refractivity contribution in [2.45, 2.75) is 19.8 Å². The number of nitrogen functional groups attached to an aromatic ring is 2. The van der Waals surface area contributed by atoms with Crippen molar-refractivity contribution in [3.05, 3.63) is 48.5 Å². The molecule has 47 heavy (non-hydrogen) atoms.